The molecule has 2 aliphatic rings. The third-order valence-electron chi connectivity index (χ3n) is 7.07. The second kappa shape index (κ2) is 7.71. The third kappa shape index (κ3) is 4.17. The summed E-state index contributed by atoms with van der Waals surface area (Å²) >= 11 is 5.52. The van der Waals surface area contributed by atoms with E-state index in [-0.39, 0.29) is 15.2 Å². The van der Waals surface area contributed by atoms with Gasteiger partial charge in [-0.2, -0.15) is 11.8 Å². The van der Waals surface area contributed by atoms with Crippen molar-refractivity contribution in [3.63, 3.8) is 0 Å². The van der Waals surface area contributed by atoms with Crippen molar-refractivity contribution < 1.29 is 4.43 Å². The Labute approximate surface area is 194 Å². The van der Waals surface area contributed by atoms with E-state index in [1.807, 2.05) is 18.0 Å². The highest BCUT2D eigenvalue weighted by Gasteiger charge is 2.52. The molecule has 0 radical (unpaired) electrons. The molecule has 164 valence electrons. The van der Waals surface area contributed by atoms with Crippen molar-refractivity contribution in [1.29, 1.82) is 0 Å². The summed E-state index contributed by atoms with van der Waals surface area (Å²) in [7, 11) is -1.78. The van der Waals surface area contributed by atoms with Crippen LogP contribution in [-0.2, 0) is 22.8 Å². The quantitative estimate of drug-likeness (QED) is 0.492. The summed E-state index contributed by atoms with van der Waals surface area (Å²) in [6, 6.07) is 4.20. The van der Waals surface area contributed by atoms with Gasteiger partial charge >= 0.3 is 0 Å². The predicted molar refractivity (Wildman–Crippen MR) is 130 cm³/mol. The molecule has 0 bridgehead atoms. The van der Waals surface area contributed by atoms with E-state index in [0.717, 1.165) is 60.0 Å². The van der Waals surface area contributed by atoms with Crippen LogP contribution in [0, 0.1) is 0 Å². The predicted octanol–water partition coefficient (Wildman–Crippen LogP) is 5.59. The van der Waals surface area contributed by atoms with Crippen LogP contribution in [0.25, 0.3) is 0 Å². The second-order valence-corrected chi connectivity index (χ2v) is 18.0. The number of thioether (sulfide) groups is 1. The largest absolute Gasteiger partial charge is 0.415 e. The topological polar surface area (TPSA) is 52.8 Å². The molecule has 0 unspecified atom stereocenters. The maximum absolute atomic E-state index is 6.62. The van der Waals surface area contributed by atoms with E-state index in [0.29, 0.717) is 0 Å². The van der Waals surface area contributed by atoms with Crippen molar-refractivity contribution in [1.82, 2.24) is 19.7 Å². The molecule has 1 fully saturated rings. The highest BCUT2D eigenvalue weighted by molar-refractivity contribution is 9.10. The number of hydrogen-bond acceptors (Lipinski definition) is 5. The fourth-order valence-corrected chi connectivity index (χ4v) is 6.44. The summed E-state index contributed by atoms with van der Waals surface area (Å²) in [4.78, 5) is 4.70. The van der Waals surface area contributed by atoms with Gasteiger partial charge in [-0.25, -0.2) is 0 Å². The maximum Gasteiger partial charge on any atom is 0.192 e. The van der Waals surface area contributed by atoms with Gasteiger partial charge in [-0.3, -0.25) is 4.98 Å². The molecule has 3 heterocycles. The summed E-state index contributed by atoms with van der Waals surface area (Å²) in [6.07, 6.45) is 4.97. The molecule has 2 aromatic heterocycles. The smallest absolute Gasteiger partial charge is 0.192 e. The minimum atomic E-state index is -1.78. The van der Waals surface area contributed by atoms with Crippen LogP contribution in [-0.4, -0.2) is 45.2 Å². The molecule has 0 amide bonds. The zero-order valence-electron chi connectivity index (χ0n) is 19.0. The Bertz CT molecular complexity index is 920. The van der Waals surface area contributed by atoms with Crippen molar-refractivity contribution in [3.05, 3.63) is 40.1 Å². The average Bonchev–Trinajstić information content (AvgIpc) is 3.40. The Morgan fingerprint density at radius 3 is 2.57 bits per heavy atom. The fourth-order valence-electron chi connectivity index (χ4n) is 3.84. The molecule has 5 nitrogen and oxygen atoms in total. The van der Waals surface area contributed by atoms with Gasteiger partial charge in [0.05, 0.1) is 11.1 Å². The van der Waals surface area contributed by atoms with Gasteiger partial charge in [0.1, 0.15) is 11.6 Å². The number of pyridine rings is 1. The van der Waals surface area contributed by atoms with Crippen LogP contribution in [0.4, 0.5) is 0 Å². The zero-order chi connectivity index (χ0) is 21.8. The van der Waals surface area contributed by atoms with Gasteiger partial charge < -0.3 is 8.99 Å². The Balaban J connectivity index is 1.56. The number of fused-ring (bicyclic) bond motifs is 1. The van der Waals surface area contributed by atoms with Gasteiger partial charge in [0.25, 0.3) is 0 Å². The lowest BCUT2D eigenvalue weighted by Crippen LogP contribution is -2.45. The van der Waals surface area contributed by atoms with Crippen molar-refractivity contribution >= 4 is 36.0 Å². The van der Waals surface area contributed by atoms with Crippen LogP contribution in [0.1, 0.15) is 57.9 Å². The highest BCUT2D eigenvalue weighted by atomic mass is 79.9. The Hall–Kier alpha value is -0.703. The van der Waals surface area contributed by atoms with Crippen molar-refractivity contribution in [2.24, 2.45) is 0 Å². The first-order valence-corrected chi connectivity index (χ1v) is 15.5. The van der Waals surface area contributed by atoms with E-state index in [1.165, 1.54) is 0 Å². The average molecular weight is 510 g/mol. The summed E-state index contributed by atoms with van der Waals surface area (Å²) in [6.45, 7) is 15.6. The number of halogens is 1. The van der Waals surface area contributed by atoms with E-state index in [4.69, 9.17) is 14.5 Å². The lowest BCUT2D eigenvalue weighted by Gasteiger charge is -2.39. The Morgan fingerprint density at radius 1 is 1.23 bits per heavy atom. The summed E-state index contributed by atoms with van der Waals surface area (Å²) < 4.78 is 10.0. The second-order valence-electron chi connectivity index (χ2n) is 10.6. The zero-order valence-corrected chi connectivity index (χ0v) is 22.4. The minimum Gasteiger partial charge on any atom is -0.415 e. The summed E-state index contributed by atoms with van der Waals surface area (Å²) in [5, 5.41) is 9.60. The van der Waals surface area contributed by atoms with Gasteiger partial charge in [-0.05, 0) is 66.0 Å². The molecule has 0 aromatic carbocycles. The minimum absolute atomic E-state index is 0.0284. The van der Waals surface area contributed by atoms with Crippen molar-refractivity contribution in [3.8, 4) is 0 Å². The Morgan fingerprint density at radius 2 is 1.97 bits per heavy atom. The van der Waals surface area contributed by atoms with Crippen molar-refractivity contribution in [2.45, 2.75) is 81.8 Å². The van der Waals surface area contributed by atoms with Gasteiger partial charge in [-0.15, -0.1) is 10.2 Å². The third-order valence-corrected chi connectivity index (χ3v) is 13.4. The van der Waals surface area contributed by atoms with Gasteiger partial charge in [0.15, 0.2) is 8.32 Å². The lowest BCUT2D eigenvalue weighted by molar-refractivity contribution is 0.252. The van der Waals surface area contributed by atoms with Gasteiger partial charge in [-0.1, -0.05) is 20.8 Å². The molecule has 4 rings (SSSR count). The van der Waals surface area contributed by atoms with Gasteiger partial charge in [0.2, 0.25) is 0 Å². The molecular formula is C22H33BrN4OSSi. The lowest BCUT2D eigenvalue weighted by atomic mass is 10.0. The molecule has 30 heavy (non-hydrogen) atoms. The SMILES string of the molecule is CC(C)(C)[Si](C)(C)OC[C@@]1(C)Cc2nnc(C3(c4ccc(Br)cn4)CC3)n2CCS1. The van der Waals surface area contributed by atoms with Crippen LogP contribution >= 0.6 is 27.7 Å². The first kappa shape index (κ1) is 22.5. The van der Waals surface area contributed by atoms with Crippen LogP contribution in [0.3, 0.4) is 0 Å². The molecule has 0 saturated heterocycles. The monoisotopic (exact) mass is 508 g/mol. The number of aromatic nitrogens is 4. The number of nitrogens with zero attached hydrogens (tertiary/aromatic N) is 4. The fraction of sp³-hybridized carbons (Fsp3) is 0.682. The number of hydrogen-bond donors (Lipinski definition) is 0. The van der Waals surface area contributed by atoms with Gasteiger partial charge in [0, 0.05) is 40.7 Å². The first-order valence-electron chi connectivity index (χ1n) is 10.8. The van der Waals surface area contributed by atoms with Crippen molar-refractivity contribution in [2.75, 3.05) is 12.4 Å². The van der Waals surface area contributed by atoms with Crippen LogP contribution in [0.5, 0.6) is 0 Å². The molecule has 1 aliphatic heterocycles. The standard InChI is InChI=1S/C22H33BrN4OSSi/c1-20(2,3)30(5,6)28-15-21(4)13-18-25-26-19(27(18)11-12-29-21)22(9-10-22)17-8-7-16(23)14-24-17/h7-8,14H,9-13,15H2,1-6H3/t21-/m1/s1. The molecule has 1 atom stereocenters. The van der Waals surface area contributed by atoms with E-state index in [9.17, 15) is 0 Å². The first-order chi connectivity index (χ1) is 14.0. The molecule has 0 N–H and O–H groups in total. The number of rotatable bonds is 5. The van der Waals surface area contributed by atoms with Crippen LogP contribution in [0.15, 0.2) is 22.8 Å². The molecular weight excluding hydrogens is 476 g/mol. The molecule has 2 aromatic rings. The van der Waals surface area contributed by atoms with Crippen LogP contribution in [0.2, 0.25) is 18.1 Å². The summed E-state index contributed by atoms with van der Waals surface area (Å²) in [5.41, 5.74) is 1.05. The van der Waals surface area contributed by atoms with Crippen LogP contribution < -0.4 is 0 Å². The maximum atomic E-state index is 6.62. The molecule has 8 heteroatoms. The molecule has 1 saturated carbocycles. The molecule has 0 spiro atoms. The molecule has 1 aliphatic carbocycles. The Kier molecular flexibility index (Phi) is 5.78. The van der Waals surface area contributed by atoms with E-state index in [1.54, 1.807) is 0 Å². The van der Waals surface area contributed by atoms with E-state index in [2.05, 4.69) is 78.5 Å². The van der Waals surface area contributed by atoms with E-state index < -0.39 is 8.32 Å². The summed E-state index contributed by atoms with van der Waals surface area (Å²) in [5.74, 6) is 3.25. The highest BCUT2D eigenvalue weighted by Crippen LogP contribution is 2.52. The normalized spacial score (nSPS) is 23.7. The van der Waals surface area contributed by atoms with E-state index >= 15 is 0 Å².